The highest BCUT2D eigenvalue weighted by molar-refractivity contribution is 7.22. The molecular weight excluding hydrogens is 206 g/mol. The number of rotatable bonds is 3. The lowest BCUT2D eigenvalue weighted by Gasteiger charge is -1.99. The molecule has 2 rings (SSSR count). The van der Waals surface area contributed by atoms with Gasteiger partial charge in [0.05, 0.1) is 10.2 Å². The van der Waals surface area contributed by atoms with Crippen LogP contribution in [0.2, 0.25) is 0 Å². The Morgan fingerprint density at radius 2 is 2.40 bits per heavy atom. The number of benzene rings is 1. The molecule has 0 atom stereocenters. The summed E-state index contributed by atoms with van der Waals surface area (Å²) < 4.78 is 1.11. The molecule has 0 bridgehead atoms. The zero-order valence-electron chi connectivity index (χ0n) is 8.58. The number of nitrogens with two attached hydrogens (primary N) is 1. The summed E-state index contributed by atoms with van der Waals surface area (Å²) in [6, 6.07) is 5.75. The van der Waals surface area contributed by atoms with Gasteiger partial charge in [-0.3, -0.25) is 0 Å². The lowest BCUT2D eigenvalue weighted by Crippen LogP contribution is -2.00. The van der Waals surface area contributed by atoms with Crippen LogP contribution in [-0.2, 0) is 0 Å². The molecule has 0 aliphatic heterocycles. The summed E-state index contributed by atoms with van der Waals surface area (Å²) in [4.78, 5) is 4.44. The molecule has 0 aliphatic rings. The SMILES string of the molecule is C=C(C)CNc1nc2ccc(N)cc2s1. The maximum Gasteiger partial charge on any atom is 0.184 e. The van der Waals surface area contributed by atoms with E-state index in [0.717, 1.165) is 33.2 Å². The Morgan fingerprint density at radius 1 is 1.60 bits per heavy atom. The average molecular weight is 219 g/mol. The zero-order valence-corrected chi connectivity index (χ0v) is 9.40. The number of hydrogen-bond acceptors (Lipinski definition) is 4. The van der Waals surface area contributed by atoms with Crippen LogP contribution in [0, 0.1) is 0 Å². The van der Waals surface area contributed by atoms with Crippen molar-refractivity contribution in [1.29, 1.82) is 0 Å². The lowest BCUT2D eigenvalue weighted by atomic mass is 10.3. The lowest BCUT2D eigenvalue weighted by molar-refractivity contribution is 1.20. The Kier molecular flexibility index (Phi) is 2.60. The fourth-order valence-electron chi connectivity index (χ4n) is 1.24. The van der Waals surface area contributed by atoms with Gasteiger partial charge in [-0.1, -0.05) is 23.5 Å². The van der Waals surface area contributed by atoms with Gasteiger partial charge < -0.3 is 11.1 Å². The van der Waals surface area contributed by atoms with E-state index < -0.39 is 0 Å². The molecule has 0 aliphatic carbocycles. The number of anilines is 2. The average Bonchev–Trinajstić information content (AvgIpc) is 2.56. The van der Waals surface area contributed by atoms with Crippen LogP contribution < -0.4 is 11.1 Å². The number of nitrogen functional groups attached to an aromatic ring is 1. The third kappa shape index (κ3) is 2.27. The van der Waals surface area contributed by atoms with E-state index in [4.69, 9.17) is 5.73 Å². The Bertz CT molecular complexity index is 502. The molecule has 0 fully saturated rings. The van der Waals surface area contributed by atoms with Gasteiger partial charge in [0.15, 0.2) is 5.13 Å². The van der Waals surface area contributed by atoms with Crippen molar-refractivity contribution in [3.63, 3.8) is 0 Å². The highest BCUT2D eigenvalue weighted by Gasteiger charge is 2.02. The van der Waals surface area contributed by atoms with Crippen molar-refractivity contribution >= 4 is 32.4 Å². The van der Waals surface area contributed by atoms with Gasteiger partial charge in [0.25, 0.3) is 0 Å². The smallest absolute Gasteiger partial charge is 0.184 e. The number of thiazole rings is 1. The summed E-state index contributed by atoms with van der Waals surface area (Å²) >= 11 is 1.61. The predicted molar refractivity (Wildman–Crippen MR) is 67.3 cm³/mol. The van der Waals surface area contributed by atoms with Crippen LogP contribution in [0.1, 0.15) is 6.92 Å². The molecule has 0 unspecified atom stereocenters. The number of hydrogen-bond donors (Lipinski definition) is 2. The van der Waals surface area contributed by atoms with Crippen LogP contribution >= 0.6 is 11.3 Å². The Labute approximate surface area is 92.6 Å². The third-order valence-corrected chi connectivity index (χ3v) is 2.93. The Balaban J connectivity index is 2.27. The monoisotopic (exact) mass is 219 g/mol. The summed E-state index contributed by atoms with van der Waals surface area (Å²) in [7, 11) is 0. The zero-order chi connectivity index (χ0) is 10.8. The van der Waals surface area contributed by atoms with Gasteiger partial charge >= 0.3 is 0 Å². The summed E-state index contributed by atoms with van der Waals surface area (Å²) in [5, 5.41) is 4.14. The first-order valence-corrected chi connectivity index (χ1v) is 5.51. The summed E-state index contributed by atoms with van der Waals surface area (Å²) in [5.41, 5.74) is 8.55. The van der Waals surface area contributed by atoms with Crippen LogP contribution in [-0.4, -0.2) is 11.5 Å². The molecular formula is C11H13N3S. The summed E-state index contributed by atoms with van der Waals surface area (Å²) in [6.45, 7) is 6.58. The minimum absolute atomic E-state index is 0.759. The predicted octanol–water partition coefficient (Wildman–Crippen LogP) is 2.87. The van der Waals surface area contributed by atoms with Gasteiger partial charge in [0.1, 0.15) is 0 Å². The highest BCUT2D eigenvalue weighted by Crippen LogP contribution is 2.27. The van der Waals surface area contributed by atoms with Crippen LogP contribution in [0.3, 0.4) is 0 Å². The molecule has 1 aromatic carbocycles. The van der Waals surface area contributed by atoms with Crippen LogP contribution in [0.15, 0.2) is 30.4 Å². The van der Waals surface area contributed by atoms with E-state index in [9.17, 15) is 0 Å². The molecule has 4 heteroatoms. The third-order valence-electron chi connectivity index (χ3n) is 1.95. The minimum atomic E-state index is 0.759. The van der Waals surface area contributed by atoms with E-state index in [2.05, 4.69) is 16.9 Å². The van der Waals surface area contributed by atoms with Crippen LogP contribution in [0.4, 0.5) is 10.8 Å². The van der Waals surface area contributed by atoms with Crippen molar-refractivity contribution in [1.82, 2.24) is 4.98 Å². The van der Waals surface area contributed by atoms with Crippen molar-refractivity contribution in [3.8, 4) is 0 Å². The maximum atomic E-state index is 5.70. The van der Waals surface area contributed by atoms with Crippen molar-refractivity contribution < 1.29 is 0 Å². The molecule has 1 aromatic heterocycles. The van der Waals surface area contributed by atoms with E-state index in [1.54, 1.807) is 11.3 Å². The molecule has 0 spiro atoms. The molecule has 3 nitrogen and oxygen atoms in total. The highest BCUT2D eigenvalue weighted by atomic mass is 32.1. The minimum Gasteiger partial charge on any atom is -0.399 e. The summed E-state index contributed by atoms with van der Waals surface area (Å²) in [5.74, 6) is 0. The first-order chi connectivity index (χ1) is 7.15. The van der Waals surface area contributed by atoms with E-state index in [1.165, 1.54) is 0 Å². The molecule has 1 heterocycles. The molecule has 3 N–H and O–H groups in total. The van der Waals surface area contributed by atoms with E-state index in [-0.39, 0.29) is 0 Å². The first-order valence-electron chi connectivity index (χ1n) is 4.69. The maximum absolute atomic E-state index is 5.70. The number of nitrogens with zero attached hydrogens (tertiary/aromatic N) is 1. The van der Waals surface area contributed by atoms with Gasteiger partial charge in [0.2, 0.25) is 0 Å². The summed E-state index contributed by atoms with van der Waals surface area (Å²) in [6.07, 6.45) is 0. The number of nitrogens with one attached hydrogen (secondary N) is 1. The molecule has 2 aromatic rings. The molecule has 0 amide bonds. The van der Waals surface area contributed by atoms with Crippen molar-refractivity contribution in [2.24, 2.45) is 0 Å². The van der Waals surface area contributed by atoms with Gasteiger partial charge in [-0.25, -0.2) is 4.98 Å². The molecule has 78 valence electrons. The standard InChI is InChI=1S/C11H13N3S/c1-7(2)6-13-11-14-9-4-3-8(12)5-10(9)15-11/h3-5H,1,6,12H2,2H3,(H,13,14). The molecule has 0 saturated carbocycles. The Morgan fingerprint density at radius 3 is 3.13 bits per heavy atom. The van der Waals surface area contributed by atoms with Crippen molar-refractivity contribution in [3.05, 3.63) is 30.4 Å². The van der Waals surface area contributed by atoms with Gasteiger partial charge in [-0.2, -0.15) is 0 Å². The van der Waals surface area contributed by atoms with Crippen molar-refractivity contribution in [2.45, 2.75) is 6.92 Å². The fraction of sp³-hybridized carbons (Fsp3) is 0.182. The number of aromatic nitrogens is 1. The second-order valence-electron chi connectivity index (χ2n) is 3.56. The second-order valence-corrected chi connectivity index (χ2v) is 4.59. The molecule has 0 radical (unpaired) electrons. The Hall–Kier alpha value is -1.55. The topological polar surface area (TPSA) is 50.9 Å². The van der Waals surface area contributed by atoms with E-state index in [1.807, 2.05) is 25.1 Å². The van der Waals surface area contributed by atoms with Gasteiger partial charge in [0, 0.05) is 12.2 Å². The number of fused-ring (bicyclic) bond motifs is 1. The second kappa shape index (κ2) is 3.90. The van der Waals surface area contributed by atoms with E-state index in [0.29, 0.717) is 0 Å². The van der Waals surface area contributed by atoms with Crippen LogP contribution in [0.5, 0.6) is 0 Å². The quantitative estimate of drug-likeness (QED) is 0.616. The normalized spacial score (nSPS) is 10.5. The van der Waals surface area contributed by atoms with Crippen molar-refractivity contribution in [2.75, 3.05) is 17.6 Å². The molecule has 0 saturated heterocycles. The largest absolute Gasteiger partial charge is 0.399 e. The molecule has 15 heavy (non-hydrogen) atoms. The van der Waals surface area contributed by atoms with Gasteiger partial charge in [-0.15, -0.1) is 0 Å². The van der Waals surface area contributed by atoms with E-state index >= 15 is 0 Å². The first kappa shape index (κ1) is 9.98. The van der Waals surface area contributed by atoms with Gasteiger partial charge in [-0.05, 0) is 25.1 Å². The van der Waals surface area contributed by atoms with Crippen LogP contribution in [0.25, 0.3) is 10.2 Å². The fourth-order valence-corrected chi connectivity index (χ4v) is 2.15.